The van der Waals surface area contributed by atoms with Crippen molar-refractivity contribution in [1.82, 2.24) is 10.2 Å². The number of aliphatic carboxylic acids is 1. The van der Waals surface area contributed by atoms with Gasteiger partial charge in [-0.2, -0.15) is 0 Å². The Hall–Kier alpha value is -2.28. The number of carbonyl (C=O) groups is 3. The summed E-state index contributed by atoms with van der Waals surface area (Å²) in [5.74, 6) is -0.985. The fourth-order valence-corrected chi connectivity index (χ4v) is 3.72. The van der Waals surface area contributed by atoms with Crippen molar-refractivity contribution in [2.24, 2.45) is 5.92 Å². The van der Waals surface area contributed by atoms with Crippen LogP contribution in [0.5, 0.6) is 0 Å². The standard InChI is InChI=1S/C17H20ClN3O4/c18-11-1-2-12-13(9-11)20-16(24)15(12)10-4-7-21(8-5-10)17(25)19-6-3-14(22)23/h1-2,9-10,15H,3-8H2,(H,19,25)(H,20,24)(H,22,23). The molecule has 3 amide bonds. The molecule has 1 aromatic carbocycles. The summed E-state index contributed by atoms with van der Waals surface area (Å²) in [6, 6.07) is 5.20. The highest BCUT2D eigenvalue weighted by molar-refractivity contribution is 6.31. The zero-order chi connectivity index (χ0) is 18.0. The number of piperidine rings is 1. The van der Waals surface area contributed by atoms with E-state index in [1.54, 1.807) is 17.0 Å². The molecule has 0 radical (unpaired) electrons. The molecule has 3 N–H and O–H groups in total. The molecule has 2 aliphatic heterocycles. The number of carboxylic acid groups (broad SMARTS) is 1. The Bertz CT molecular complexity index is 701. The molecule has 1 atom stereocenters. The van der Waals surface area contributed by atoms with Crippen molar-refractivity contribution in [2.75, 3.05) is 25.0 Å². The third-order valence-electron chi connectivity index (χ3n) is 4.80. The number of likely N-dealkylation sites (tertiary alicyclic amines) is 1. The van der Waals surface area contributed by atoms with Crippen LogP contribution in [0.4, 0.5) is 10.5 Å². The minimum absolute atomic E-state index is 0.0124. The van der Waals surface area contributed by atoms with Crippen molar-refractivity contribution in [2.45, 2.75) is 25.2 Å². The average Bonchev–Trinajstić information content (AvgIpc) is 2.89. The van der Waals surface area contributed by atoms with Crippen LogP contribution in [0.2, 0.25) is 5.02 Å². The third-order valence-corrected chi connectivity index (χ3v) is 5.04. The molecule has 2 aliphatic rings. The molecule has 1 unspecified atom stereocenters. The van der Waals surface area contributed by atoms with E-state index in [9.17, 15) is 14.4 Å². The summed E-state index contributed by atoms with van der Waals surface area (Å²) in [6.45, 7) is 1.22. The Balaban J connectivity index is 1.57. The zero-order valence-electron chi connectivity index (χ0n) is 13.6. The Kier molecular flexibility index (Phi) is 5.13. The lowest BCUT2D eigenvalue weighted by molar-refractivity contribution is -0.136. The van der Waals surface area contributed by atoms with E-state index in [4.69, 9.17) is 16.7 Å². The highest BCUT2D eigenvalue weighted by atomic mass is 35.5. The Morgan fingerprint density at radius 3 is 2.72 bits per heavy atom. The number of nitrogens with one attached hydrogen (secondary N) is 2. The lowest BCUT2D eigenvalue weighted by Crippen LogP contribution is -2.46. The van der Waals surface area contributed by atoms with Gasteiger partial charge < -0.3 is 20.6 Å². The largest absolute Gasteiger partial charge is 0.481 e. The second-order valence-corrected chi connectivity index (χ2v) is 6.84. The van der Waals surface area contributed by atoms with E-state index in [1.165, 1.54) is 0 Å². The van der Waals surface area contributed by atoms with Gasteiger partial charge in [0, 0.05) is 30.3 Å². The number of carboxylic acids is 1. The summed E-state index contributed by atoms with van der Waals surface area (Å²) in [6.07, 6.45) is 1.36. The first-order valence-electron chi connectivity index (χ1n) is 8.30. The van der Waals surface area contributed by atoms with Crippen LogP contribution in [-0.4, -0.2) is 47.5 Å². The minimum Gasteiger partial charge on any atom is -0.481 e. The first-order valence-corrected chi connectivity index (χ1v) is 8.68. The molecule has 3 rings (SSSR count). The number of benzene rings is 1. The van der Waals surface area contributed by atoms with Crippen LogP contribution in [0.3, 0.4) is 0 Å². The van der Waals surface area contributed by atoms with Gasteiger partial charge in [-0.25, -0.2) is 4.79 Å². The number of urea groups is 1. The third kappa shape index (κ3) is 3.87. The number of hydrogen-bond donors (Lipinski definition) is 3. The summed E-state index contributed by atoms with van der Waals surface area (Å²) in [5.41, 5.74) is 1.75. The maximum Gasteiger partial charge on any atom is 0.317 e. The lowest BCUT2D eigenvalue weighted by atomic mass is 9.81. The van der Waals surface area contributed by atoms with Gasteiger partial charge >= 0.3 is 12.0 Å². The summed E-state index contributed by atoms with van der Waals surface area (Å²) < 4.78 is 0. The van der Waals surface area contributed by atoms with E-state index in [0.29, 0.717) is 18.1 Å². The number of hydrogen-bond acceptors (Lipinski definition) is 3. The number of anilines is 1. The molecule has 1 aromatic rings. The van der Waals surface area contributed by atoms with Gasteiger partial charge in [0.05, 0.1) is 12.3 Å². The second kappa shape index (κ2) is 7.31. The molecule has 2 heterocycles. The van der Waals surface area contributed by atoms with E-state index < -0.39 is 5.97 Å². The van der Waals surface area contributed by atoms with Crippen molar-refractivity contribution in [1.29, 1.82) is 0 Å². The molecule has 134 valence electrons. The number of carbonyl (C=O) groups excluding carboxylic acids is 2. The second-order valence-electron chi connectivity index (χ2n) is 6.40. The topological polar surface area (TPSA) is 98.7 Å². The van der Waals surface area contributed by atoms with E-state index in [2.05, 4.69) is 10.6 Å². The summed E-state index contributed by atoms with van der Waals surface area (Å²) in [4.78, 5) is 36.6. The molecule has 1 fully saturated rings. The van der Waals surface area contributed by atoms with Crippen LogP contribution >= 0.6 is 11.6 Å². The average molecular weight is 366 g/mol. The molecule has 0 aromatic heterocycles. The van der Waals surface area contributed by atoms with Gasteiger partial charge in [0.25, 0.3) is 0 Å². The van der Waals surface area contributed by atoms with Crippen LogP contribution < -0.4 is 10.6 Å². The maximum absolute atomic E-state index is 12.4. The fraction of sp³-hybridized carbons (Fsp3) is 0.471. The molecule has 7 nitrogen and oxygen atoms in total. The van der Waals surface area contributed by atoms with E-state index in [-0.39, 0.29) is 36.7 Å². The quantitative estimate of drug-likeness (QED) is 0.762. The van der Waals surface area contributed by atoms with Crippen LogP contribution in [0.1, 0.15) is 30.7 Å². The number of halogens is 1. The summed E-state index contributed by atoms with van der Waals surface area (Å²) >= 11 is 5.98. The van der Waals surface area contributed by atoms with Gasteiger partial charge in [0.2, 0.25) is 5.91 Å². The molecule has 0 aliphatic carbocycles. The molecule has 0 bridgehead atoms. The molecule has 0 spiro atoms. The first-order chi connectivity index (χ1) is 12.0. The van der Waals surface area contributed by atoms with Crippen LogP contribution in [0.25, 0.3) is 0 Å². The van der Waals surface area contributed by atoms with Gasteiger partial charge in [-0.3, -0.25) is 9.59 Å². The Morgan fingerprint density at radius 2 is 2.04 bits per heavy atom. The smallest absolute Gasteiger partial charge is 0.317 e. The van der Waals surface area contributed by atoms with Crippen molar-refractivity contribution in [3.63, 3.8) is 0 Å². The van der Waals surface area contributed by atoms with Crippen molar-refractivity contribution < 1.29 is 19.5 Å². The van der Waals surface area contributed by atoms with Crippen molar-refractivity contribution >= 4 is 35.2 Å². The van der Waals surface area contributed by atoms with Crippen LogP contribution in [0, 0.1) is 5.92 Å². The molecular formula is C17H20ClN3O4. The van der Waals surface area contributed by atoms with Gasteiger partial charge in [0.15, 0.2) is 0 Å². The first kappa shape index (κ1) is 17.5. The molecule has 1 saturated heterocycles. The predicted octanol–water partition coefficient (Wildman–Crippen LogP) is 2.27. The molecule has 8 heteroatoms. The molecular weight excluding hydrogens is 346 g/mol. The van der Waals surface area contributed by atoms with Gasteiger partial charge in [-0.1, -0.05) is 17.7 Å². The van der Waals surface area contributed by atoms with Gasteiger partial charge in [-0.05, 0) is 36.5 Å². The Morgan fingerprint density at radius 1 is 1.32 bits per heavy atom. The van der Waals surface area contributed by atoms with Crippen molar-refractivity contribution in [3.8, 4) is 0 Å². The lowest BCUT2D eigenvalue weighted by Gasteiger charge is -2.34. The fourth-order valence-electron chi connectivity index (χ4n) is 3.55. The predicted molar refractivity (Wildman–Crippen MR) is 92.8 cm³/mol. The summed E-state index contributed by atoms with van der Waals surface area (Å²) in [7, 11) is 0. The maximum atomic E-state index is 12.4. The van der Waals surface area contributed by atoms with Crippen LogP contribution in [-0.2, 0) is 9.59 Å². The van der Waals surface area contributed by atoms with E-state index in [0.717, 1.165) is 24.1 Å². The van der Waals surface area contributed by atoms with Crippen molar-refractivity contribution in [3.05, 3.63) is 28.8 Å². The number of fused-ring (bicyclic) bond motifs is 1. The molecule has 0 saturated carbocycles. The van der Waals surface area contributed by atoms with E-state index >= 15 is 0 Å². The van der Waals surface area contributed by atoms with E-state index in [1.807, 2.05) is 6.07 Å². The highest BCUT2D eigenvalue weighted by Crippen LogP contribution is 2.42. The normalized spacial score (nSPS) is 20.1. The Labute approximate surface area is 150 Å². The van der Waals surface area contributed by atoms with Crippen LogP contribution in [0.15, 0.2) is 18.2 Å². The molecule has 25 heavy (non-hydrogen) atoms. The summed E-state index contributed by atoms with van der Waals surface area (Å²) in [5, 5.41) is 14.7. The number of amides is 3. The van der Waals surface area contributed by atoms with Gasteiger partial charge in [0.1, 0.15) is 0 Å². The van der Waals surface area contributed by atoms with Gasteiger partial charge in [-0.15, -0.1) is 0 Å². The number of rotatable bonds is 4. The monoisotopic (exact) mass is 365 g/mol. The minimum atomic E-state index is -0.940. The number of nitrogens with zero attached hydrogens (tertiary/aromatic N) is 1. The SMILES string of the molecule is O=C(O)CCNC(=O)N1CCC(C2C(=O)Nc3cc(Cl)ccc32)CC1. The zero-order valence-corrected chi connectivity index (χ0v) is 14.4. The highest BCUT2D eigenvalue weighted by Gasteiger charge is 2.38.